The monoisotopic (exact) mass is 226 g/mol. The molecule has 0 unspecified atom stereocenters. The summed E-state index contributed by atoms with van der Waals surface area (Å²) in [7, 11) is 4.04. The van der Waals surface area contributed by atoms with Crippen LogP contribution in [0.5, 0.6) is 0 Å². The molecule has 3 N–H and O–H groups in total. The van der Waals surface area contributed by atoms with E-state index in [9.17, 15) is 0 Å². The molecule has 0 spiro atoms. The van der Waals surface area contributed by atoms with E-state index in [1.54, 1.807) is 4.68 Å². The van der Waals surface area contributed by atoms with Gasteiger partial charge in [0.05, 0.1) is 6.54 Å². The van der Waals surface area contributed by atoms with Gasteiger partial charge in [0.15, 0.2) is 0 Å². The highest BCUT2D eigenvalue weighted by atomic mass is 15.4. The molecule has 0 aliphatic heterocycles. The van der Waals surface area contributed by atoms with E-state index in [0.717, 1.165) is 19.6 Å². The largest absolute Gasteiger partial charge is 0.368 e. The van der Waals surface area contributed by atoms with E-state index in [2.05, 4.69) is 34.1 Å². The Morgan fingerprint density at radius 1 is 1.44 bits per heavy atom. The lowest BCUT2D eigenvalue weighted by molar-refractivity contribution is 0.375. The molecule has 0 aromatic carbocycles. The Bertz CT molecular complexity index is 317. The predicted octanol–water partition coefficient (Wildman–Crippen LogP) is 0.490. The fraction of sp³-hybridized carbons (Fsp3) is 0.800. The number of nitrogens with zero attached hydrogens (tertiary/aromatic N) is 4. The average Bonchev–Trinajstić information content (AvgIpc) is 2.53. The quantitative estimate of drug-likeness (QED) is 0.738. The Labute approximate surface area is 96.8 Å². The minimum absolute atomic E-state index is 0.466. The summed E-state index contributed by atoms with van der Waals surface area (Å²) in [6.45, 7) is 6.79. The molecule has 1 aromatic heterocycles. The van der Waals surface area contributed by atoms with Crippen LogP contribution >= 0.6 is 0 Å². The number of aromatic nitrogens is 3. The molecule has 0 saturated carbocycles. The van der Waals surface area contributed by atoms with Crippen LogP contribution in [0.1, 0.15) is 13.8 Å². The van der Waals surface area contributed by atoms with Gasteiger partial charge in [-0.15, -0.1) is 5.10 Å². The lowest BCUT2D eigenvalue weighted by atomic mass is 10.2. The van der Waals surface area contributed by atoms with E-state index >= 15 is 0 Å². The number of nitrogen functional groups attached to an aromatic ring is 1. The smallest absolute Gasteiger partial charge is 0.243 e. The van der Waals surface area contributed by atoms with Gasteiger partial charge in [-0.1, -0.05) is 13.8 Å². The van der Waals surface area contributed by atoms with Gasteiger partial charge >= 0.3 is 0 Å². The van der Waals surface area contributed by atoms with Crippen molar-refractivity contribution in [1.82, 2.24) is 19.7 Å². The first-order valence-electron chi connectivity index (χ1n) is 5.58. The molecule has 0 aliphatic carbocycles. The first kappa shape index (κ1) is 12.8. The van der Waals surface area contributed by atoms with Gasteiger partial charge in [-0.25, -0.2) is 4.68 Å². The van der Waals surface area contributed by atoms with E-state index < -0.39 is 0 Å². The molecular formula is C10H22N6. The highest BCUT2D eigenvalue weighted by molar-refractivity contribution is 5.31. The number of nitrogens with one attached hydrogen (secondary N) is 1. The third-order valence-electron chi connectivity index (χ3n) is 2.13. The zero-order valence-corrected chi connectivity index (χ0v) is 10.6. The summed E-state index contributed by atoms with van der Waals surface area (Å²) in [6.07, 6.45) is 0. The second-order valence-electron chi connectivity index (χ2n) is 4.59. The Morgan fingerprint density at radius 2 is 2.12 bits per heavy atom. The summed E-state index contributed by atoms with van der Waals surface area (Å²) >= 11 is 0. The van der Waals surface area contributed by atoms with Crippen molar-refractivity contribution >= 4 is 11.9 Å². The topological polar surface area (TPSA) is 72.0 Å². The molecule has 6 nitrogen and oxygen atoms in total. The van der Waals surface area contributed by atoms with Crippen molar-refractivity contribution in [1.29, 1.82) is 0 Å². The van der Waals surface area contributed by atoms with Crippen LogP contribution in [0.25, 0.3) is 0 Å². The van der Waals surface area contributed by atoms with Crippen LogP contribution in [-0.4, -0.2) is 46.8 Å². The van der Waals surface area contributed by atoms with Crippen molar-refractivity contribution in [3.8, 4) is 0 Å². The second-order valence-corrected chi connectivity index (χ2v) is 4.59. The maximum Gasteiger partial charge on any atom is 0.243 e. The first-order valence-corrected chi connectivity index (χ1v) is 5.58. The lowest BCUT2D eigenvalue weighted by Gasteiger charge is -2.09. The summed E-state index contributed by atoms with van der Waals surface area (Å²) in [6, 6.07) is 0. The lowest BCUT2D eigenvalue weighted by Crippen LogP contribution is -2.20. The van der Waals surface area contributed by atoms with Gasteiger partial charge < -0.3 is 16.0 Å². The molecule has 0 fully saturated rings. The predicted molar refractivity (Wildman–Crippen MR) is 66.3 cm³/mol. The minimum atomic E-state index is 0.466. The van der Waals surface area contributed by atoms with Crippen molar-refractivity contribution in [3.05, 3.63) is 0 Å². The first-order chi connectivity index (χ1) is 7.49. The Balaban J connectivity index is 2.52. The zero-order chi connectivity index (χ0) is 12.1. The third kappa shape index (κ3) is 4.06. The molecule has 0 saturated heterocycles. The number of nitrogens with two attached hydrogens (primary N) is 1. The molecular weight excluding hydrogens is 204 g/mol. The van der Waals surface area contributed by atoms with Crippen molar-refractivity contribution in [2.45, 2.75) is 20.4 Å². The summed E-state index contributed by atoms with van der Waals surface area (Å²) in [5, 5.41) is 7.45. The van der Waals surface area contributed by atoms with Gasteiger partial charge in [0.25, 0.3) is 0 Å². The Hall–Kier alpha value is -1.30. The standard InChI is InChI=1S/C10H22N6/c1-8(2)7-12-10-13-9(11)16(14-10)6-5-15(3)4/h8H,5-7H2,1-4H3,(H3,11,12,13,14). The summed E-state index contributed by atoms with van der Waals surface area (Å²) in [5.74, 6) is 1.65. The maximum absolute atomic E-state index is 5.76. The summed E-state index contributed by atoms with van der Waals surface area (Å²) in [4.78, 5) is 6.25. The number of anilines is 2. The van der Waals surface area contributed by atoms with E-state index in [0.29, 0.717) is 17.8 Å². The van der Waals surface area contributed by atoms with Gasteiger partial charge in [0.1, 0.15) is 0 Å². The molecule has 6 heteroatoms. The molecule has 1 rings (SSSR count). The molecule has 0 radical (unpaired) electrons. The van der Waals surface area contributed by atoms with Crippen LogP contribution < -0.4 is 11.1 Å². The van der Waals surface area contributed by atoms with Crippen molar-refractivity contribution in [2.75, 3.05) is 38.2 Å². The van der Waals surface area contributed by atoms with Crippen LogP contribution in [0, 0.1) is 5.92 Å². The fourth-order valence-corrected chi connectivity index (χ4v) is 1.18. The van der Waals surface area contributed by atoms with Gasteiger partial charge in [-0.2, -0.15) is 4.98 Å². The Kier molecular flexibility index (Phi) is 4.54. The fourth-order valence-electron chi connectivity index (χ4n) is 1.18. The molecule has 92 valence electrons. The maximum atomic E-state index is 5.76. The molecule has 1 heterocycles. The van der Waals surface area contributed by atoms with E-state index in [4.69, 9.17) is 5.73 Å². The van der Waals surface area contributed by atoms with Crippen LogP contribution in [0.3, 0.4) is 0 Å². The number of likely N-dealkylation sites (N-methyl/N-ethyl adjacent to an activating group) is 1. The number of hydrogen-bond acceptors (Lipinski definition) is 5. The van der Waals surface area contributed by atoms with Gasteiger partial charge in [-0.05, 0) is 20.0 Å². The van der Waals surface area contributed by atoms with Crippen molar-refractivity contribution in [3.63, 3.8) is 0 Å². The van der Waals surface area contributed by atoms with Gasteiger partial charge in [0.2, 0.25) is 11.9 Å². The van der Waals surface area contributed by atoms with Crippen molar-refractivity contribution < 1.29 is 0 Å². The SMILES string of the molecule is CC(C)CNc1nc(N)n(CCN(C)C)n1. The molecule has 16 heavy (non-hydrogen) atoms. The number of rotatable bonds is 6. The molecule has 0 aliphatic rings. The summed E-state index contributed by atoms with van der Waals surface area (Å²) in [5.41, 5.74) is 5.76. The molecule has 0 atom stereocenters. The highest BCUT2D eigenvalue weighted by Crippen LogP contribution is 2.05. The normalized spacial score (nSPS) is 11.4. The average molecular weight is 226 g/mol. The van der Waals surface area contributed by atoms with Gasteiger partial charge in [-0.3, -0.25) is 0 Å². The molecule has 0 amide bonds. The minimum Gasteiger partial charge on any atom is -0.368 e. The van der Waals surface area contributed by atoms with Crippen LogP contribution in [0.2, 0.25) is 0 Å². The van der Waals surface area contributed by atoms with E-state index in [-0.39, 0.29) is 0 Å². The molecule has 0 bridgehead atoms. The Morgan fingerprint density at radius 3 is 2.69 bits per heavy atom. The van der Waals surface area contributed by atoms with Crippen molar-refractivity contribution in [2.24, 2.45) is 5.92 Å². The van der Waals surface area contributed by atoms with E-state index in [1.165, 1.54) is 0 Å². The second kappa shape index (κ2) is 5.69. The summed E-state index contributed by atoms with van der Waals surface area (Å²) < 4.78 is 1.72. The number of hydrogen-bond donors (Lipinski definition) is 2. The van der Waals surface area contributed by atoms with Crippen LogP contribution in [0.4, 0.5) is 11.9 Å². The third-order valence-corrected chi connectivity index (χ3v) is 2.13. The van der Waals surface area contributed by atoms with Gasteiger partial charge in [0, 0.05) is 13.1 Å². The highest BCUT2D eigenvalue weighted by Gasteiger charge is 2.06. The van der Waals surface area contributed by atoms with Crippen LogP contribution in [0.15, 0.2) is 0 Å². The molecule has 1 aromatic rings. The van der Waals surface area contributed by atoms with E-state index in [1.807, 2.05) is 14.1 Å². The zero-order valence-electron chi connectivity index (χ0n) is 10.6. The van der Waals surface area contributed by atoms with Crippen LogP contribution in [-0.2, 0) is 6.54 Å².